The smallest absolute Gasteiger partial charge is 0.293 e. The molecule has 0 radical (unpaired) electrons. The van der Waals surface area contributed by atoms with Gasteiger partial charge in [-0.25, -0.2) is 13.1 Å². The predicted molar refractivity (Wildman–Crippen MR) is 117 cm³/mol. The lowest BCUT2D eigenvalue weighted by Crippen LogP contribution is -2.57. The van der Waals surface area contributed by atoms with E-state index in [1.807, 2.05) is 13.8 Å². The van der Waals surface area contributed by atoms with Crippen LogP contribution in [0.15, 0.2) is 23.1 Å². The Morgan fingerprint density at radius 1 is 1.17 bits per heavy atom. The summed E-state index contributed by atoms with van der Waals surface area (Å²) in [6, 6.07) is 3.94. The van der Waals surface area contributed by atoms with Gasteiger partial charge in [0.2, 0.25) is 10.0 Å². The Kier molecular flexibility index (Phi) is 7.17. The van der Waals surface area contributed by atoms with Crippen molar-refractivity contribution in [1.29, 1.82) is 0 Å². The van der Waals surface area contributed by atoms with Gasteiger partial charge in [-0.15, -0.1) is 0 Å². The molecule has 2 N–H and O–H groups in total. The fraction of sp³-hybridized carbons (Fsp3) is 0.700. The van der Waals surface area contributed by atoms with Crippen molar-refractivity contribution < 1.29 is 18.1 Å². The molecule has 0 saturated carbocycles. The summed E-state index contributed by atoms with van der Waals surface area (Å²) < 4.78 is 33.4. The lowest BCUT2D eigenvalue weighted by molar-refractivity contribution is -0.384. The molecule has 2 atom stereocenters. The van der Waals surface area contributed by atoms with Crippen LogP contribution >= 0.6 is 0 Å². The number of rotatable bonds is 7. The number of morpholine rings is 1. The van der Waals surface area contributed by atoms with Gasteiger partial charge in [0.25, 0.3) is 5.69 Å². The zero-order valence-corrected chi connectivity index (χ0v) is 19.7. The van der Waals surface area contributed by atoms with Crippen molar-refractivity contribution in [2.75, 3.05) is 25.0 Å². The molecule has 1 aromatic carbocycles. The summed E-state index contributed by atoms with van der Waals surface area (Å²) in [7, 11) is -3.87. The Morgan fingerprint density at radius 3 is 2.23 bits per heavy atom. The van der Waals surface area contributed by atoms with E-state index >= 15 is 0 Å². The Hall–Kier alpha value is -1.75. The molecule has 0 aliphatic carbocycles. The molecular weight excluding hydrogens is 408 g/mol. The number of nitro benzene ring substituents is 1. The van der Waals surface area contributed by atoms with Crippen LogP contribution in [0.5, 0.6) is 0 Å². The number of hydrogen-bond donors (Lipinski definition) is 2. The van der Waals surface area contributed by atoms with Crippen LogP contribution in [0.25, 0.3) is 0 Å². The number of nitro groups is 1. The van der Waals surface area contributed by atoms with E-state index in [9.17, 15) is 18.5 Å². The second-order valence-corrected chi connectivity index (χ2v) is 11.3. The van der Waals surface area contributed by atoms with E-state index in [0.29, 0.717) is 6.54 Å². The van der Waals surface area contributed by atoms with Gasteiger partial charge < -0.3 is 10.1 Å². The summed E-state index contributed by atoms with van der Waals surface area (Å²) in [6.45, 7) is 15.3. The monoisotopic (exact) mass is 442 g/mol. The van der Waals surface area contributed by atoms with Gasteiger partial charge in [-0.3, -0.25) is 15.0 Å². The topological polar surface area (TPSA) is 114 Å². The molecule has 0 amide bonds. The first kappa shape index (κ1) is 24.5. The minimum Gasteiger partial charge on any atom is -0.378 e. The van der Waals surface area contributed by atoms with Gasteiger partial charge in [0.1, 0.15) is 5.69 Å². The maximum absolute atomic E-state index is 12.5. The number of nitrogens with one attached hydrogen (secondary N) is 2. The van der Waals surface area contributed by atoms with E-state index in [-0.39, 0.29) is 34.0 Å². The molecule has 1 aliphatic rings. The van der Waals surface area contributed by atoms with Crippen LogP contribution in [0.2, 0.25) is 0 Å². The van der Waals surface area contributed by atoms with E-state index in [0.717, 1.165) is 19.2 Å². The highest BCUT2D eigenvalue weighted by Gasteiger charge is 2.34. The summed E-state index contributed by atoms with van der Waals surface area (Å²) in [4.78, 5) is 13.2. The Labute approximate surface area is 179 Å². The zero-order chi connectivity index (χ0) is 22.9. The molecule has 10 heteroatoms. The average Bonchev–Trinajstić information content (AvgIpc) is 2.56. The number of hydrogen-bond acceptors (Lipinski definition) is 7. The molecule has 1 fully saturated rings. The van der Waals surface area contributed by atoms with E-state index < -0.39 is 20.5 Å². The summed E-state index contributed by atoms with van der Waals surface area (Å²) in [6.07, 6.45) is 0.226. The molecule has 0 unspecified atom stereocenters. The molecule has 1 aliphatic heterocycles. The van der Waals surface area contributed by atoms with Crippen molar-refractivity contribution in [2.24, 2.45) is 0 Å². The molecule has 0 aromatic heterocycles. The van der Waals surface area contributed by atoms with Gasteiger partial charge >= 0.3 is 0 Å². The first-order chi connectivity index (χ1) is 13.6. The van der Waals surface area contributed by atoms with Gasteiger partial charge in [-0.1, -0.05) is 0 Å². The Morgan fingerprint density at radius 2 is 1.73 bits per heavy atom. The number of nitrogens with zero attached hydrogens (tertiary/aromatic N) is 2. The Bertz CT molecular complexity index is 870. The quantitative estimate of drug-likeness (QED) is 0.493. The third-order valence-corrected chi connectivity index (χ3v) is 6.66. The summed E-state index contributed by atoms with van der Waals surface area (Å²) in [5.74, 6) is 0. The van der Waals surface area contributed by atoms with Crippen molar-refractivity contribution in [3.8, 4) is 0 Å². The van der Waals surface area contributed by atoms with E-state index in [1.54, 1.807) is 20.8 Å². The minimum atomic E-state index is -3.87. The maximum Gasteiger partial charge on any atom is 0.293 e. The van der Waals surface area contributed by atoms with Crippen molar-refractivity contribution in [1.82, 2.24) is 9.62 Å². The molecule has 0 bridgehead atoms. The zero-order valence-electron chi connectivity index (χ0n) is 18.9. The number of ether oxygens (including phenoxy) is 1. The largest absolute Gasteiger partial charge is 0.378 e. The fourth-order valence-electron chi connectivity index (χ4n) is 3.54. The molecule has 30 heavy (non-hydrogen) atoms. The van der Waals surface area contributed by atoms with E-state index in [4.69, 9.17) is 4.74 Å². The van der Waals surface area contributed by atoms with E-state index in [2.05, 4.69) is 28.8 Å². The molecular formula is C20H34N4O5S. The van der Waals surface area contributed by atoms with Gasteiger partial charge in [-0.05, 0) is 60.6 Å². The number of anilines is 1. The molecule has 170 valence electrons. The summed E-state index contributed by atoms with van der Waals surface area (Å²) in [5, 5.41) is 14.8. The fourth-order valence-corrected chi connectivity index (χ4v) is 4.97. The highest BCUT2D eigenvalue weighted by Crippen LogP contribution is 2.29. The van der Waals surface area contributed by atoms with Crippen LogP contribution < -0.4 is 10.0 Å². The van der Waals surface area contributed by atoms with E-state index in [1.165, 1.54) is 12.1 Å². The van der Waals surface area contributed by atoms with Crippen LogP contribution in [-0.2, 0) is 14.8 Å². The normalized spacial score (nSPS) is 21.4. The van der Waals surface area contributed by atoms with Crippen LogP contribution in [0, 0.1) is 10.1 Å². The number of benzene rings is 1. The van der Waals surface area contributed by atoms with Crippen LogP contribution in [-0.4, -0.2) is 61.2 Å². The Balaban J connectivity index is 2.23. The van der Waals surface area contributed by atoms with Gasteiger partial charge in [0.15, 0.2) is 0 Å². The first-order valence-electron chi connectivity index (χ1n) is 10.1. The van der Waals surface area contributed by atoms with Crippen molar-refractivity contribution in [2.45, 2.75) is 76.6 Å². The third kappa shape index (κ3) is 6.37. The lowest BCUT2D eigenvalue weighted by atomic mass is 10.00. The predicted octanol–water partition coefficient (Wildman–Crippen LogP) is 2.97. The van der Waals surface area contributed by atoms with Crippen LogP contribution in [0.4, 0.5) is 11.4 Å². The highest BCUT2D eigenvalue weighted by atomic mass is 32.2. The van der Waals surface area contributed by atoms with Crippen molar-refractivity contribution in [3.63, 3.8) is 0 Å². The molecule has 1 aromatic rings. The lowest BCUT2D eigenvalue weighted by Gasteiger charge is -2.45. The minimum absolute atomic E-state index is 0.113. The van der Waals surface area contributed by atoms with Gasteiger partial charge in [0.05, 0.1) is 22.0 Å². The summed E-state index contributed by atoms with van der Waals surface area (Å²) >= 11 is 0. The standard InChI is InChI=1S/C20H34N4O5S/c1-14-11-23(12-15(2)29-14)20(6,7)13-21-17-9-8-16(10-18(17)24(25)26)30(27,28)22-19(3,4)5/h8-10,14-15,21-22H,11-13H2,1-7H3/t14-,15-/m0/s1. The second kappa shape index (κ2) is 8.78. The molecule has 1 saturated heterocycles. The number of sulfonamides is 1. The SMILES string of the molecule is C[C@H]1CN(C(C)(C)CNc2ccc(S(=O)(=O)NC(C)(C)C)cc2[N+](=O)[O-])C[C@H](C)O1. The van der Waals surface area contributed by atoms with Crippen LogP contribution in [0.1, 0.15) is 48.5 Å². The van der Waals surface area contributed by atoms with Gasteiger partial charge in [-0.2, -0.15) is 0 Å². The first-order valence-corrected chi connectivity index (χ1v) is 11.6. The molecule has 9 nitrogen and oxygen atoms in total. The maximum atomic E-state index is 12.5. The molecule has 0 spiro atoms. The third-order valence-electron chi connectivity index (χ3n) is 4.90. The van der Waals surface area contributed by atoms with Gasteiger partial charge in [0, 0.05) is 36.8 Å². The molecule has 1 heterocycles. The second-order valence-electron chi connectivity index (χ2n) is 9.62. The van der Waals surface area contributed by atoms with Crippen LogP contribution in [0.3, 0.4) is 0 Å². The van der Waals surface area contributed by atoms with Crippen molar-refractivity contribution in [3.05, 3.63) is 28.3 Å². The summed E-state index contributed by atoms with van der Waals surface area (Å²) in [5.41, 5.74) is -0.955. The highest BCUT2D eigenvalue weighted by molar-refractivity contribution is 7.89. The average molecular weight is 443 g/mol. The van der Waals surface area contributed by atoms with Crippen molar-refractivity contribution >= 4 is 21.4 Å². The molecule has 2 rings (SSSR count).